The smallest absolute Gasteiger partial charge is 0.304 e. The van der Waals surface area contributed by atoms with E-state index in [1.807, 2.05) is 0 Å². The standard InChI is InChI=1S/C9H15NO3/c1-7(10-13)9(6-8(11)12)4-2-3-5-9/h13H,2-6H2,1H3,(H,11,12)/b10-7+. The summed E-state index contributed by atoms with van der Waals surface area (Å²) >= 11 is 0. The second-order valence-electron chi connectivity index (χ2n) is 3.74. The minimum Gasteiger partial charge on any atom is -0.481 e. The molecule has 0 radical (unpaired) electrons. The van der Waals surface area contributed by atoms with Crippen LogP contribution in [0, 0.1) is 5.41 Å². The van der Waals surface area contributed by atoms with Gasteiger partial charge in [0.25, 0.3) is 0 Å². The molecule has 0 aromatic carbocycles. The Hall–Kier alpha value is -1.06. The summed E-state index contributed by atoms with van der Waals surface area (Å²) < 4.78 is 0. The summed E-state index contributed by atoms with van der Waals surface area (Å²) in [4.78, 5) is 10.6. The molecule has 1 aliphatic rings. The summed E-state index contributed by atoms with van der Waals surface area (Å²) in [5, 5.41) is 20.6. The second-order valence-corrected chi connectivity index (χ2v) is 3.74. The Bertz CT molecular complexity index is 229. The first kappa shape index (κ1) is 10.0. The lowest BCUT2D eigenvalue weighted by molar-refractivity contribution is -0.138. The van der Waals surface area contributed by atoms with E-state index in [4.69, 9.17) is 10.3 Å². The SMILES string of the molecule is C/C(=N\O)C1(CC(=O)O)CCCC1. The predicted octanol–water partition coefficient (Wildman–Crippen LogP) is 1.87. The molecule has 2 N–H and O–H groups in total. The van der Waals surface area contributed by atoms with E-state index in [0.717, 1.165) is 25.7 Å². The van der Waals surface area contributed by atoms with Gasteiger partial charge in [-0.15, -0.1) is 0 Å². The van der Waals surface area contributed by atoms with E-state index in [0.29, 0.717) is 5.71 Å². The summed E-state index contributed by atoms with van der Waals surface area (Å²) in [7, 11) is 0. The summed E-state index contributed by atoms with van der Waals surface area (Å²) in [5.74, 6) is -0.815. The van der Waals surface area contributed by atoms with Gasteiger partial charge in [0, 0.05) is 5.41 Å². The number of nitrogens with zero attached hydrogens (tertiary/aromatic N) is 1. The van der Waals surface area contributed by atoms with Gasteiger partial charge in [-0.3, -0.25) is 4.79 Å². The number of carboxylic acids is 1. The fourth-order valence-electron chi connectivity index (χ4n) is 2.11. The quantitative estimate of drug-likeness (QED) is 0.400. The van der Waals surface area contributed by atoms with Crippen molar-refractivity contribution in [1.29, 1.82) is 0 Å². The molecule has 0 aromatic heterocycles. The van der Waals surface area contributed by atoms with Gasteiger partial charge < -0.3 is 10.3 Å². The van der Waals surface area contributed by atoms with Gasteiger partial charge >= 0.3 is 5.97 Å². The number of rotatable bonds is 3. The lowest BCUT2D eigenvalue weighted by Gasteiger charge is -2.25. The lowest BCUT2D eigenvalue weighted by atomic mass is 9.78. The van der Waals surface area contributed by atoms with Crippen LogP contribution in [0.15, 0.2) is 5.16 Å². The van der Waals surface area contributed by atoms with Crippen LogP contribution in [-0.2, 0) is 4.79 Å². The zero-order chi connectivity index (χ0) is 9.90. The number of oxime groups is 1. The van der Waals surface area contributed by atoms with Crippen molar-refractivity contribution >= 4 is 11.7 Å². The van der Waals surface area contributed by atoms with Gasteiger partial charge in [0.2, 0.25) is 0 Å². The number of carboxylic acid groups (broad SMARTS) is 1. The van der Waals surface area contributed by atoms with Crippen LogP contribution in [0.2, 0.25) is 0 Å². The fraction of sp³-hybridized carbons (Fsp3) is 0.778. The van der Waals surface area contributed by atoms with Crippen LogP contribution in [0.3, 0.4) is 0 Å². The van der Waals surface area contributed by atoms with Crippen LogP contribution in [0.5, 0.6) is 0 Å². The molecule has 13 heavy (non-hydrogen) atoms. The zero-order valence-corrected chi connectivity index (χ0v) is 7.79. The molecule has 0 amide bonds. The molecule has 0 bridgehead atoms. The number of hydrogen-bond donors (Lipinski definition) is 2. The molecule has 0 unspecified atom stereocenters. The monoisotopic (exact) mass is 185 g/mol. The van der Waals surface area contributed by atoms with Crippen molar-refractivity contribution in [3.63, 3.8) is 0 Å². The highest BCUT2D eigenvalue weighted by Gasteiger charge is 2.39. The average molecular weight is 185 g/mol. The molecule has 0 heterocycles. The van der Waals surface area contributed by atoms with Gasteiger partial charge in [0.05, 0.1) is 12.1 Å². The molecule has 74 valence electrons. The zero-order valence-electron chi connectivity index (χ0n) is 7.79. The highest BCUT2D eigenvalue weighted by Crippen LogP contribution is 2.42. The number of carbonyl (C=O) groups is 1. The van der Waals surface area contributed by atoms with Gasteiger partial charge in [0.15, 0.2) is 0 Å². The molecule has 4 heteroatoms. The maximum absolute atomic E-state index is 10.6. The van der Waals surface area contributed by atoms with Crippen LogP contribution < -0.4 is 0 Å². The first-order chi connectivity index (χ1) is 6.10. The van der Waals surface area contributed by atoms with Crippen molar-refractivity contribution < 1.29 is 15.1 Å². The minimum atomic E-state index is -0.815. The van der Waals surface area contributed by atoms with Crippen molar-refractivity contribution in [3.8, 4) is 0 Å². The Balaban J connectivity index is 2.80. The molecular formula is C9H15NO3. The number of aliphatic carboxylic acids is 1. The number of hydrogen-bond acceptors (Lipinski definition) is 3. The lowest BCUT2D eigenvalue weighted by Crippen LogP contribution is -2.29. The highest BCUT2D eigenvalue weighted by atomic mass is 16.4. The molecule has 0 saturated heterocycles. The van der Waals surface area contributed by atoms with Crippen molar-refractivity contribution in [2.75, 3.05) is 0 Å². The Labute approximate surface area is 77.3 Å². The van der Waals surface area contributed by atoms with E-state index < -0.39 is 5.97 Å². The van der Waals surface area contributed by atoms with Crippen LogP contribution in [-0.4, -0.2) is 22.0 Å². The molecule has 1 rings (SSSR count). The van der Waals surface area contributed by atoms with E-state index >= 15 is 0 Å². The minimum absolute atomic E-state index is 0.0862. The van der Waals surface area contributed by atoms with E-state index in [9.17, 15) is 4.79 Å². The fourth-order valence-corrected chi connectivity index (χ4v) is 2.11. The third-order valence-corrected chi connectivity index (χ3v) is 2.97. The average Bonchev–Trinajstić information content (AvgIpc) is 2.51. The molecule has 0 spiro atoms. The van der Waals surface area contributed by atoms with E-state index in [-0.39, 0.29) is 11.8 Å². The van der Waals surface area contributed by atoms with Crippen LogP contribution in [0.1, 0.15) is 39.0 Å². The third kappa shape index (κ3) is 1.99. The molecule has 1 saturated carbocycles. The molecular weight excluding hydrogens is 170 g/mol. The Morgan fingerprint density at radius 2 is 2.00 bits per heavy atom. The van der Waals surface area contributed by atoms with Crippen LogP contribution in [0.4, 0.5) is 0 Å². The largest absolute Gasteiger partial charge is 0.481 e. The van der Waals surface area contributed by atoms with Crippen molar-refractivity contribution in [3.05, 3.63) is 0 Å². The third-order valence-electron chi connectivity index (χ3n) is 2.97. The van der Waals surface area contributed by atoms with E-state index in [1.165, 1.54) is 0 Å². The van der Waals surface area contributed by atoms with Crippen molar-refractivity contribution in [2.45, 2.75) is 39.0 Å². The summed E-state index contributed by atoms with van der Waals surface area (Å²) in [5.41, 5.74) is 0.188. The van der Waals surface area contributed by atoms with E-state index in [2.05, 4.69) is 5.16 Å². The Morgan fingerprint density at radius 3 is 2.38 bits per heavy atom. The summed E-state index contributed by atoms with van der Waals surface area (Å²) in [6.45, 7) is 1.70. The van der Waals surface area contributed by atoms with E-state index in [1.54, 1.807) is 6.92 Å². The first-order valence-corrected chi connectivity index (χ1v) is 4.52. The van der Waals surface area contributed by atoms with Gasteiger partial charge in [0.1, 0.15) is 0 Å². The second kappa shape index (κ2) is 3.77. The maximum Gasteiger partial charge on any atom is 0.304 e. The van der Waals surface area contributed by atoms with Gasteiger partial charge in [-0.25, -0.2) is 0 Å². The summed E-state index contributed by atoms with van der Waals surface area (Å²) in [6.07, 6.45) is 3.80. The van der Waals surface area contributed by atoms with Gasteiger partial charge in [-0.05, 0) is 19.8 Å². The van der Waals surface area contributed by atoms with Crippen LogP contribution in [0.25, 0.3) is 0 Å². The highest BCUT2D eigenvalue weighted by molar-refractivity contribution is 5.91. The molecule has 0 aliphatic heterocycles. The van der Waals surface area contributed by atoms with Crippen molar-refractivity contribution in [1.82, 2.24) is 0 Å². The molecule has 0 atom stereocenters. The molecule has 1 fully saturated rings. The van der Waals surface area contributed by atoms with Gasteiger partial charge in [-0.2, -0.15) is 0 Å². The van der Waals surface area contributed by atoms with Gasteiger partial charge in [-0.1, -0.05) is 18.0 Å². The predicted molar refractivity (Wildman–Crippen MR) is 48.0 cm³/mol. The summed E-state index contributed by atoms with van der Waals surface area (Å²) in [6, 6.07) is 0. The van der Waals surface area contributed by atoms with Crippen molar-refractivity contribution in [2.24, 2.45) is 10.6 Å². The first-order valence-electron chi connectivity index (χ1n) is 4.52. The normalized spacial score (nSPS) is 21.8. The van der Waals surface area contributed by atoms with Crippen LogP contribution >= 0.6 is 0 Å². The molecule has 1 aliphatic carbocycles. The topological polar surface area (TPSA) is 69.9 Å². The molecule has 0 aromatic rings. The Morgan fingerprint density at radius 1 is 1.46 bits per heavy atom. The molecule has 4 nitrogen and oxygen atoms in total. The maximum atomic E-state index is 10.6. The Kier molecular flexibility index (Phi) is 2.90.